The van der Waals surface area contributed by atoms with Crippen LogP contribution in [0.25, 0.3) is 11.3 Å². The molecule has 1 N–H and O–H groups in total. The summed E-state index contributed by atoms with van der Waals surface area (Å²) >= 11 is 1.58. The van der Waals surface area contributed by atoms with Crippen molar-refractivity contribution in [2.45, 2.75) is 25.3 Å². The van der Waals surface area contributed by atoms with Crippen LogP contribution in [0, 0.1) is 13.8 Å². The van der Waals surface area contributed by atoms with Crippen LogP contribution in [0.5, 0.6) is 5.75 Å². The van der Waals surface area contributed by atoms with Crippen molar-refractivity contribution in [3.05, 3.63) is 58.0 Å². The van der Waals surface area contributed by atoms with E-state index in [2.05, 4.69) is 4.72 Å². The Morgan fingerprint density at radius 2 is 1.88 bits per heavy atom. The summed E-state index contributed by atoms with van der Waals surface area (Å²) in [6, 6.07) is 8.79. The fraction of sp³-hybridized carbons (Fsp3) is 0.222. The topological polar surface area (TPSA) is 68.5 Å². The van der Waals surface area contributed by atoms with Crippen molar-refractivity contribution < 1.29 is 17.6 Å². The highest BCUT2D eigenvalue weighted by Gasteiger charge is 2.18. The molecule has 0 amide bonds. The van der Waals surface area contributed by atoms with E-state index in [1.165, 1.54) is 0 Å². The molecule has 0 unspecified atom stereocenters. The molecule has 0 saturated heterocycles. The molecule has 5 nitrogen and oxygen atoms in total. The minimum Gasteiger partial charge on any atom is -0.496 e. The molecule has 0 saturated carbocycles. The summed E-state index contributed by atoms with van der Waals surface area (Å²) in [6.45, 7) is 3.74. The highest BCUT2D eigenvalue weighted by Crippen LogP contribution is 2.27. The van der Waals surface area contributed by atoms with Crippen LogP contribution in [0.4, 0.5) is 0 Å². The van der Waals surface area contributed by atoms with Gasteiger partial charge in [0.1, 0.15) is 17.3 Å². The molecule has 2 aromatic heterocycles. The van der Waals surface area contributed by atoms with Gasteiger partial charge in [0.25, 0.3) is 0 Å². The summed E-state index contributed by atoms with van der Waals surface area (Å²) < 4.78 is 38.7. The van der Waals surface area contributed by atoms with Gasteiger partial charge in [0.2, 0.25) is 10.0 Å². The number of methoxy groups -OCH3 is 1. The lowest BCUT2D eigenvalue weighted by Crippen LogP contribution is -2.23. The van der Waals surface area contributed by atoms with E-state index >= 15 is 0 Å². The van der Waals surface area contributed by atoms with Gasteiger partial charge in [-0.25, -0.2) is 13.1 Å². The zero-order valence-corrected chi connectivity index (χ0v) is 15.8. The number of thiophene rings is 1. The summed E-state index contributed by atoms with van der Waals surface area (Å²) in [5.74, 6) is 1.99. The first-order valence-corrected chi connectivity index (χ1v) is 10.1. The average molecular weight is 377 g/mol. The van der Waals surface area contributed by atoms with E-state index in [4.69, 9.17) is 9.15 Å². The van der Waals surface area contributed by atoms with Crippen LogP contribution in [-0.2, 0) is 16.6 Å². The summed E-state index contributed by atoms with van der Waals surface area (Å²) in [5.41, 5.74) is 2.54. The Labute approximate surface area is 151 Å². The number of hydrogen-bond acceptors (Lipinski definition) is 5. The highest BCUT2D eigenvalue weighted by atomic mass is 32.2. The van der Waals surface area contributed by atoms with Crippen LogP contribution in [0.15, 0.2) is 50.4 Å². The molecule has 25 heavy (non-hydrogen) atoms. The SMILES string of the molecule is COc1c(C)cc(S(=O)(=O)NCc2ccc(-c3ccsc3)o2)cc1C. The molecule has 0 spiro atoms. The van der Waals surface area contributed by atoms with Gasteiger partial charge < -0.3 is 9.15 Å². The van der Waals surface area contributed by atoms with Gasteiger partial charge in [-0.2, -0.15) is 11.3 Å². The molecule has 0 radical (unpaired) electrons. The van der Waals surface area contributed by atoms with Crippen molar-refractivity contribution in [2.75, 3.05) is 7.11 Å². The average Bonchev–Trinajstić information content (AvgIpc) is 3.24. The third kappa shape index (κ3) is 3.78. The maximum Gasteiger partial charge on any atom is 0.240 e. The van der Waals surface area contributed by atoms with Crippen molar-refractivity contribution in [1.82, 2.24) is 4.72 Å². The van der Waals surface area contributed by atoms with Gasteiger partial charge in [-0.3, -0.25) is 0 Å². The molecule has 0 aliphatic rings. The molecule has 0 aliphatic carbocycles. The Kier molecular flexibility index (Phi) is 4.99. The monoisotopic (exact) mass is 377 g/mol. The van der Waals surface area contributed by atoms with Crippen LogP contribution in [0.1, 0.15) is 16.9 Å². The maximum absolute atomic E-state index is 12.6. The Balaban J connectivity index is 1.76. The van der Waals surface area contributed by atoms with Crippen molar-refractivity contribution in [1.29, 1.82) is 0 Å². The first-order chi connectivity index (χ1) is 11.9. The van der Waals surface area contributed by atoms with E-state index in [1.54, 1.807) is 36.6 Å². The van der Waals surface area contributed by atoms with Crippen molar-refractivity contribution in [2.24, 2.45) is 0 Å². The highest BCUT2D eigenvalue weighted by molar-refractivity contribution is 7.89. The molecule has 132 valence electrons. The number of ether oxygens (including phenoxy) is 1. The van der Waals surface area contributed by atoms with Crippen molar-refractivity contribution >= 4 is 21.4 Å². The van der Waals surface area contributed by atoms with Gasteiger partial charge in [0.15, 0.2) is 0 Å². The van der Waals surface area contributed by atoms with E-state index in [1.807, 2.05) is 36.7 Å². The van der Waals surface area contributed by atoms with Crippen LogP contribution < -0.4 is 9.46 Å². The number of sulfonamides is 1. The zero-order valence-electron chi connectivity index (χ0n) is 14.2. The van der Waals surface area contributed by atoms with Crippen LogP contribution in [-0.4, -0.2) is 15.5 Å². The molecule has 0 atom stereocenters. The lowest BCUT2D eigenvalue weighted by atomic mass is 10.1. The summed E-state index contributed by atoms with van der Waals surface area (Å²) in [6.07, 6.45) is 0. The first kappa shape index (κ1) is 17.7. The summed E-state index contributed by atoms with van der Waals surface area (Å²) in [5, 5.41) is 3.95. The third-order valence-corrected chi connectivity index (χ3v) is 5.92. The number of hydrogen-bond donors (Lipinski definition) is 1. The van der Waals surface area contributed by atoms with E-state index in [0.29, 0.717) is 11.5 Å². The zero-order chi connectivity index (χ0) is 18.0. The minimum absolute atomic E-state index is 0.0938. The molecule has 1 aromatic carbocycles. The maximum atomic E-state index is 12.6. The van der Waals surface area contributed by atoms with Crippen LogP contribution >= 0.6 is 11.3 Å². The number of furan rings is 1. The standard InChI is InChI=1S/C18H19NO4S2/c1-12-8-16(9-13(2)18(12)22-3)25(20,21)19-10-15-4-5-17(23-15)14-6-7-24-11-14/h4-9,11,19H,10H2,1-3H3. The predicted molar refractivity (Wildman–Crippen MR) is 98.5 cm³/mol. The van der Waals surface area contributed by atoms with Crippen LogP contribution in [0.2, 0.25) is 0 Å². The normalized spacial score (nSPS) is 11.6. The predicted octanol–water partition coefficient (Wildman–Crippen LogP) is 4.11. The number of rotatable bonds is 6. The first-order valence-electron chi connectivity index (χ1n) is 7.67. The fourth-order valence-electron chi connectivity index (χ4n) is 2.67. The number of nitrogens with one attached hydrogen (secondary N) is 1. The van der Waals surface area contributed by atoms with E-state index in [-0.39, 0.29) is 11.4 Å². The van der Waals surface area contributed by atoms with Gasteiger partial charge in [-0.15, -0.1) is 0 Å². The van der Waals surface area contributed by atoms with Gasteiger partial charge in [-0.05, 0) is 60.7 Å². The van der Waals surface area contributed by atoms with Crippen molar-refractivity contribution in [3.63, 3.8) is 0 Å². The molecule has 0 aliphatic heterocycles. The largest absolute Gasteiger partial charge is 0.496 e. The molecule has 0 bridgehead atoms. The molecular weight excluding hydrogens is 358 g/mol. The molecule has 3 rings (SSSR count). The molecular formula is C18H19NO4S2. The Morgan fingerprint density at radius 3 is 2.48 bits per heavy atom. The second kappa shape index (κ2) is 7.03. The Morgan fingerprint density at radius 1 is 1.16 bits per heavy atom. The summed E-state index contributed by atoms with van der Waals surface area (Å²) in [4.78, 5) is 0.216. The quantitative estimate of drug-likeness (QED) is 0.702. The van der Waals surface area contributed by atoms with Gasteiger partial charge in [-0.1, -0.05) is 0 Å². The third-order valence-electron chi connectivity index (χ3n) is 3.85. The molecule has 0 fully saturated rings. The van der Waals surface area contributed by atoms with E-state index < -0.39 is 10.0 Å². The molecule has 3 aromatic rings. The second-order valence-electron chi connectivity index (χ2n) is 5.69. The Bertz CT molecular complexity index is 949. The number of benzene rings is 1. The Hall–Kier alpha value is -2.09. The van der Waals surface area contributed by atoms with Crippen molar-refractivity contribution in [3.8, 4) is 17.1 Å². The van der Waals surface area contributed by atoms with Gasteiger partial charge >= 0.3 is 0 Å². The summed E-state index contributed by atoms with van der Waals surface area (Å²) in [7, 11) is -2.06. The van der Waals surface area contributed by atoms with Gasteiger partial charge in [0.05, 0.1) is 18.6 Å². The van der Waals surface area contributed by atoms with Crippen LogP contribution in [0.3, 0.4) is 0 Å². The molecule has 2 heterocycles. The van der Waals surface area contributed by atoms with E-state index in [9.17, 15) is 8.42 Å². The smallest absolute Gasteiger partial charge is 0.240 e. The molecule has 7 heteroatoms. The minimum atomic E-state index is -3.64. The van der Waals surface area contributed by atoms with Gasteiger partial charge in [0, 0.05) is 10.9 Å². The fourth-order valence-corrected chi connectivity index (χ4v) is 4.48. The van der Waals surface area contributed by atoms with E-state index in [0.717, 1.165) is 22.5 Å². The lowest BCUT2D eigenvalue weighted by Gasteiger charge is -2.12. The number of aryl methyl sites for hydroxylation is 2. The lowest BCUT2D eigenvalue weighted by molar-refractivity contribution is 0.408. The second-order valence-corrected chi connectivity index (χ2v) is 8.24.